The van der Waals surface area contributed by atoms with Crippen LogP contribution in [0.5, 0.6) is 0 Å². The predicted octanol–water partition coefficient (Wildman–Crippen LogP) is 1.93. The second-order valence-electron chi connectivity index (χ2n) is 25.9. The number of amides is 6. The summed E-state index contributed by atoms with van der Waals surface area (Å²) in [6.45, 7) is 25.9. The van der Waals surface area contributed by atoms with Gasteiger partial charge in [0.05, 0.1) is 25.3 Å². The molecule has 4 heterocycles. The summed E-state index contributed by atoms with van der Waals surface area (Å²) in [6, 6.07) is 1.23. The maximum Gasteiger partial charge on any atom is 0.327 e. The maximum atomic E-state index is 13.9. The first kappa shape index (κ1) is 68.5. The van der Waals surface area contributed by atoms with E-state index in [0.717, 1.165) is 43.6 Å². The van der Waals surface area contributed by atoms with E-state index in [1.54, 1.807) is 33.8 Å². The highest BCUT2D eigenvalue weighted by Crippen LogP contribution is 2.39. The molecule has 1 aromatic carbocycles. The van der Waals surface area contributed by atoms with Gasteiger partial charge in [0.15, 0.2) is 0 Å². The average Bonchev–Trinajstić information content (AvgIpc) is 1.87. The number of esters is 3. The molecular formula is C60H96N10O14. The van der Waals surface area contributed by atoms with Gasteiger partial charge in [0.1, 0.15) is 41.0 Å². The molecule has 24 nitrogen and oxygen atoms in total. The molecule has 0 radical (unpaired) electrons. The van der Waals surface area contributed by atoms with Crippen molar-refractivity contribution in [3.63, 3.8) is 0 Å². The fourth-order valence-corrected chi connectivity index (χ4v) is 10.9. The lowest BCUT2D eigenvalue weighted by molar-refractivity contribution is -0.158. The standard InChI is InChI=1S/C60H96N10O14/c1-12-39(2)52(55(78)64-44-17-16-41-14-13-15-42-34-45(57(80)81)70(53(41)42)56(44)79)65-47(72)21-24-61-46(71)20-25-62-54(77)43(18-19-49(74)82-58(3,4)5)63-48(73)36-66-26-22-40(23-27-66)35-67-28-30-68(37-50(75)83-59(6,7)8)32-33-69(31-29-67)38-51(76)84-60(9,10)11/h13-15,39-40,43-45,52H,12,16-38H2,1-11H3,(H,61,71)(H,62,77)(H,63,73)(H,64,78)(H,65,72)(H,80,81)/t39-,43+,44-,45-,52-/m0/s1. The van der Waals surface area contributed by atoms with Gasteiger partial charge >= 0.3 is 23.9 Å². The Labute approximate surface area is 495 Å². The van der Waals surface area contributed by atoms with Crippen LogP contribution in [0.15, 0.2) is 18.2 Å². The second-order valence-corrected chi connectivity index (χ2v) is 25.9. The van der Waals surface area contributed by atoms with Crippen molar-refractivity contribution in [3.05, 3.63) is 29.3 Å². The first-order chi connectivity index (χ1) is 39.4. The van der Waals surface area contributed by atoms with Crippen LogP contribution < -0.4 is 31.5 Å². The van der Waals surface area contributed by atoms with Gasteiger partial charge in [-0.05, 0) is 130 Å². The number of likely N-dealkylation sites (tertiary alicyclic amines) is 1. The summed E-state index contributed by atoms with van der Waals surface area (Å²) in [5.41, 5.74) is 0.180. The van der Waals surface area contributed by atoms with E-state index in [9.17, 15) is 53.1 Å². The molecule has 470 valence electrons. The number of carboxylic acids is 1. The van der Waals surface area contributed by atoms with Crippen LogP contribution >= 0.6 is 0 Å². The van der Waals surface area contributed by atoms with Crippen LogP contribution in [-0.4, -0.2) is 217 Å². The predicted molar refractivity (Wildman–Crippen MR) is 313 cm³/mol. The highest BCUT2D eigenvalue weighted by Gasteiger charge is 2.45. The summed E-state index contributed by atoms with van der Waals surface area (Å²) in [6.07, 6.45) is 2.42. The van der Waals surface area contributed by atoms with Crippen LogP contribution in [0, 0.1) is 11.8 Å². The van der Waals surface area contributed by atoms with E-state index in [1.807, 2.05) is 65.5 Å². The number of hydrogen-bond acceptors (Lipinski definition) is 17. The summed E-state index contributed by atoms with van der Waals surface area (Å²) in [5, 5.41) is 23.7. The van der Waals surface area contributed by atoms with Crippen molar-refractivity contribution >= 4 is 65.0 Å². The Kier molecular flexibility index (Phi) is 25.5. The van der Waals surface area contributed by atoms with Crippen LogP contribution in [0.2, 0.25) is 0 Å². The van der Waals surface area contributed by atoms with Gasteiger partial charge in [-0.15, -0.1) is 0 Å². The number of rotatable bonds is 25. The molecule has 6 amide bonds. The molecule has 6 N–H and O–H groups in total. The molecule has 84 heavy (non-hydrogen) atoms. The Bertz CT molecular complexity index is 2440. The first-order valence-corrected chi connectivity index (χ1v) is 30.0. The van der Waals surface area contributed by atoms with Gasteiger partial charge in [0, 0.05) is 84.6 Å². The number of benzene rings is 1. The molecule has 2 fully saturated rings. The Hall–Kier alpha value is -6.24. The minimum atomic E-state index is -1.14. The minimum Gasteiger partial charge on any atom is -0.480 e. The number of carboxylic acid groups (broad SMARTS) is 1. The molecule has 5 rings (SSSR count). The van der Waals surface area contributed by atoms with Crippen LogP contribution in [0.1, 0.15) is 139 Å². The molecule has 0 unspecified atom stereocenters. The Morgan fingerprint density at radius 2 is 1.14 bits per heavy atom. The molecule has 4 aliphatic rings. The molecule has 0 spiro atoms. The number of nitrogens with zero attached hydrogens (tertiary/aromatic N) is 5. The highest BCUT2D eigenvalue weighted by molar-refractivity contribution is 6.07. The monoisotopic (exact) mass is 1180 g/mol. The Morgan fingerprint density at radius 1 is 0.619 bits per heavy atom. The lowest BCUT2D eigenvalue weighted by Gasteiger charge is -2.35. The number of para-hydroxylation sites is 1. The molecule has 24 heteroatoms. The van der Waals surface area contributed by atoms with E-state index in [2.05, 4.69) is 41.3 Å². The zero-order valence-electron chi connectivity index (χ0n) is 51.7. The maximum absolute atomic E-state index is 13.9. The van der Waals surface area contributed by atoms with E-state index >= 15 is 0 Å². The van der Waals surface area contributed by atoms with Crippen LogP contribution in [0.4, 0.5) is 5.69 Å². The summed E-state index contributed by atoms with van der Waals surface area (Å²) in [5.74, 6) is -5.41. The van der Waals surface area contributed by atoms with Gasteiger partial charge in [-0.3, -0.25) is 62.8 Å². The van der Waals surface area contributed by atoms with Crippen molar-refractivity contribution in [2.24, 2.45) is 11.8 Å². The largest absolute Gasteiger partial charge is 0.480 e. The van der Waals surface area contributed by atoms with Crippen molar-refractivity contribution < 1.29 is 67.3 Å². The van der Waals surface area contributed by atoms with Gasteiger partial charge in [-0.2, -0.15) is 0 Å². The summed E-state index contributed by atoms with van der Waals surface area (Å²) < 4.78 is 16.7. The molecule has 0 bridgehead atoms. The zero-order valence-corrected chi connectivity index (χ0v) is 51.7. The first-order valence-electron chi connectivity index (χ1n) is 30.0. The topological polar surface area (TPSA) is 295 Å². The third kappa shape index (κ3) is 23.0. The van der Waals surface area contributed by atoms with Crippen molar-refractivity contribution in [2.75, 3.05) is 96.5 Å². The zero-order chi connectivity index (χ0) is 62.1. The van der Waals surface area contributed by atoms with Crippen LogP contribution in [-0.2, 0) is 75.0 Å². The van der Waals surface area contributed by atoms with E-state index in [-0.39, 0.29) is 89.1 Å². The minimum absolute atomic E-state index is 0.0223. The fourth-order valence-electron chi connectivity index (χ4n) is 10.9. The molecule has 1 aromatic rings. The van der Waals surface area contributed by atoms with Crippen molar-refractivity contribution in [1.29, 1.82) is 0 Å². The van der Waals surface area contributed by atoms with E-state index in [4.69, 9.17) is 14.2 Å². The van der Waals surface area contributed by atoms with E-state index in [1.165, 1.54) is 4.90 Å². The molecule has 0 aromatic heterocycles. The summed E-state index contributed by atoms with van der Waals surface area (Å²) in [4.78, 5) is 142. The molecular weight excluding hydrogens is 1080 g/mol. The SMILES string of the molecule is CC[C@H](C)[C@H](NC(=O)CCNC(=O)CCNC(=O)[C@@H](CCC(=O)OC(C)(C)C)NC(=O)CN1CCC(CN2CCN(CC(=O)OC(C)(C)C)CCN(CC(=O)OC(C)(C)C)CC2)CC1)C(=O)N[C@H]1CCc2cccc3c2N(C1=O)[C@H](C(=O)O)C3. The smallest absolute Gasteiger partial charge is 0.327 e. The van der Waals surface area contributed by atoms with Gasteiger partial charge in [-0.1, -0.05) is 38.5 Å². The number of aryl methyl sites for hydroxylation is 1. The Balaban J connectivity index is 1.08. The highest BCUT2D eigenvalue weighted by atomic mass is 16.6. The lowest BCUT2D eigenvalue weighted by atomic mass is 9.96. The number of aliphatic carboxylic acids is 1. The molecule has 0 saturated carbocycles. The fraction of sp³-hybridized carbons (Fsp3) is 0.733. The molecule has 2 saturated heterocycles. The number of nitrogens with one attached hydrogen (secondary N) is 5. The number of carbonyl (C=O) groups is 10. The van der Waals surface area contributed by atoms with E-state index < -0.39 is 88.4 Å². The quantitative estimate of drug-likeness (QED) is 0.0602. The number of carbonyl (C=O) groups excluding carboxylic acids is 9. The summed E-state index contributed by atoms with van der Waals surface area (Å²) >= 11 is 0. The van der Waals surface area contributed by atoms with Gasteiger partial charge in [0.25, 0.3) is 0 Å². The van der Waals surface area contributed by atoms with Crippen LogP contribution in [0.3, 0.4) is 0 Å². The van der Waals surface area contributed by atoms with Gasteiger partial charge in [0.2, 0.25) is 35.4 Å². The third-order valence-electron chi connectivity index (χ3n) is 15.2. The average molecular weight is 1180 g/mol. The number of hydrogen-bond donors (Lipinski definition) is 6. The normalized spacial score (nSPS) is 19.8. The Morgan fingerprint density at radius 3 is 1.70 bits per heavy atom. The number of ether oxygens (including phenoxy) is 3. The molecule has 4 aliphatic heterocycles. The molecule has 5 atom stereocenters. The van der Waals surface area contributed by atoms with Crippen molar-refractivity contribution in [2.45, 2.75) is 181 Å². The van der Waals surface area contributed by atoms with Gasteiger partial charge in [-0.25, -0.2) is 4.79 Å². The lowest BCUT2D eigenvalue weighted by Crippen LogP contribution is -2.57. The molecule has 0 aliphatic carbocycles. The second kappa shape index (κ2) is 31.2. The number of piperidine rings is 1. The van der Waals surface area contributed by atoms with Crippen molar-refractivity contribution in [3.8, 4) is 0 Å². The third-order valence-corrected chi connectivity index (χ3v) is 15.2. The van der Waals surface area contributed by atoms with E-state index in [0.29, 0.717) is 63.7 Å². The number of anilines is 1. The summed E-state index contributed by atoms with van der Waals surface area (Å²) in [7, 11) is 0. The van der Waals surface area contributed by atoms with Crippen molar-refractivity contribution in [1.82, 2.24) is 46.2 Å². The van der Waals surface area contributed by atoms with Crippen LogP contribution in [0.25, 0.3) is 0 Å². The van der Waals surface area contributed by atoms with Gasteiger partial charge < -0.3 is 50.8 Å².